The number of thioether (sulfide) groups is 1. The average Bonchev–Trinajstić information content (AvgIpc) is 3.55. The number of rotatable bonds is 10. The van der Waals surface area contributed by atoms with Gasteiger partial charge in [0.2, 0.25) is 5.91 Å². The number of nitrogens with zero attached hydrogens (tertiary/aromatic N) is 1. The van der Waals surface area contributed by atoms with Gasteiger partial charge in [-0.1, -0.05) is 72.3 Å². The van der Waals surface area contributed by atoms with E-state index in [4.69, 9.17) is 11.6 Å². The summed E-state index contributed by atoms with van der Waals surface area (Å²) < 4.78 is 0. The Morgan fingerprint density at radius 2 is 1.60 bits per heavy atom. The second-order valence-electron chi connectivity index (χ2n) is 9.14. The third kappa shape index (κ3) is 8.42. The van der Waals surface area contributed by atoms with Crippen LogP contribution >= 0.6 is 34.7 Å². The van der Waals surface area contributed by atoms with Crippen molar-refractivity contribution < 1.29 is 14.4 Å². The molecule has 43 heavy (non-hydrogen) atoms. The second-order valence-corrected chi connectivity index (χ2v) is 11.7. The van der Waals surface area contributed by atoms with Crippen molar-refractivity contribution in [2.24, 2.45) is 0 Å². The molecular formula is C33H25ClN4O3S2. The van der Waals surface area contributed by atoms with E-state index < -0.39 is 17.1 Å². The van der Waals surface area contributed by atoms with Crippen LogP contribution in [0.3, 0.4) is 0 Å². The minimum absolute atomic E-state index is 0.103. The van der Waals surface area contributed by atoms with Gasteiger partial charge in [0.15, 0.2) is 0 Å². The molecule has 0 spiro atoms. The molecule has 0 bridgehead atoms. The average molecular weight is 625 g/mol. The third-order valence-electron chi connectivity index (χ3n) is 6.02. The molecule has 1 unspecified atom stereocenters. The number of aromatic nitrogens is 1. The van der Waals surface area contributed by atoms with Gasteiger partial charge >= 0.3 is 0 Å². The molecule has 10 heteroatoms. The van der Waals surface area contributed by atoms with Crippen molar-refractivity contribution in [2.45, 2.75) is 10.1 Å². The maximum Gasteiger partial charge on any atom is 0.272 e. The van der Waals surface area contributed by atoms with E-state index in [0.717, 1.165) is 15.3 Å². The fourth-order valence-corrected chi connectivity index (χ4v) is 5.83. The Morgan fingerprint density at radius 1 is 0.837 bits per heavy atom. The molecule has 5 rings (SSSR count). The summed E-state index contributed by atoms with van der Waals surface area (Å²) in [6.07, 6.45) is 3.11. The van der Waals surface area contributed by atoms with Crippen molar-refractivity contribution in [1.82, 2.24) is 10.3 Å². The summed E-state index contributed by atoms with van der Waals surface area (Å²) in [5, 5.41) is 10.2. The standard InChI is InChI=1S/C33H25ClN4O3S2/c34-24-16-17-29(35-21-24)38-33(41)30(22-9-3-1-4-10-22)43-27-14-7-13-25(19-27)36-32(40)28(20-26-15-8-18-42-26)37-31(39)23-11-5-2-6-12-23/h1-21,30H,(H,36,40)(H,37,39)(H,35,38,41)/b28-20-. The first-order valence-corrected chi connectivity index (χ1v) is 15.3. The third-order valence-corrected chi connectivity index (χ3v) is 8.31. The first-order chi connectivity index (χ1) is 20.9. The highest BCUT2D eigenvalue weighted by atomic mass is 35.5. The number of amides is 3. The Morgan fingerprint density at radius 3 is 2.30 bits per heavy atom. The van der Waals surface area contributed by atoms with Crippen LogP contribution < -0.4 is 16.0 Å². The number of thiophene rings is 1. The predicted octanol–water partition coefficient (Wildman–Crippen LogP) is 7.68. The molecule has 3 amide bonds. The molecule has 0 aliphatic carbocycles. The highest BCUT2D eigenvalue weighted by Crippen LogP contribution is 2.37. The van der Waals surface area contributed by atoms with Crippen molar-refractivity contribution in [3.8, 4) is 0 Å². The van der Waals surface area contributed by atoms with Gasteiger partial charge in [-0.15, -0.1) is 23.1 Å². The summed E-state index contributed by atoms with van der Waals surface area (Å²) in [7, 11) is 0. The number of hydrogen-bond donors (Lipinski definition) is 3. The van der Waals surface area contributed by atoms with Gasteiger partial charge < -0.3 is 16.0 Å². The summed E-state index contributed by atoms with van der Waals surface area (Å²) in [5.74, 6) is -0.745. The van der Waals surface area contributed by atoms with Crippen LogP contribution in [-0.2, 0) is 9.59 Å². The van der Waals surface area contributed by atoms with Crippen molar-refractivity contribution in [1.29, 1.82) is 0 Å². The summed E-state index contributed by atoms with van der Waals surface area (Å²) in [6, 6.07) is 32.3. The Kier molecular flexibility index (Phi) is 10.0. The molecule has 5 aromatic rings. The molecule has 0 saturated heterocycles. The fraction of sp³-hybridized carbons (Fsp3) is 0.0303. The molecular weight excluding hydrogens is 600 g/mol. The summed E-state index contributed by atoms with van der Waals surface area (Å²) in [5.41, 5.74) is 1.85. The lowest BCUT2D eigenvalue weighted by molar-refractivity contribution is -0.116. The van der Waals surface area contributed by atoms with E-state index in [1.165, 1.54) is 29.3 Å². The quantitative estimate of drug-likeness (QED) is 0.109. The lowest BCUT2D eigenvalue weighted by Crippen LogP contribution is -2.30. The van der Waals surface area contributed by atoms with E-state index in [9.17, 15) is 14.4 Å². The summed E-state index contributed by atoms with van der Waals surface area (Å²) in [6.45, 7) is 0. The van der Waals surface area contributed by atoms with Crippen molar-refractivity contribution in [3.63, 3.8) is 0 Å². The van der Waals surface area contributed by atoms with Gasteiger partial charge in [-0.25, -0.2) is 4.98 Å². The second kappa shape index (κ2) is 14.5. The van der Waals surface area contributed by atoms with E-state index in [1.807, 2.05) is 60.0 Å². The number of halogens is 1. The zero-order valence-electron chi connectivity index (χ0n) is 22.6. The maximum atomic E-state index is 13.4. The van der Waals surface area contributed by atoms with Crippen LogP contribution in [0.15, 0.2) is 131 Å². The number of pyridine rings is 1. The van der Waals surface area contributed by atoms with E-state index in [-0.39, 0.29) is 11.6 Å². The number of carbonyl (C=O) groups excluding carboxylic acids is 3. The first kappa shape index (κ1) is 29.8. The van der Waals surface area contributed by atoms with Crippen LogP contribution in [0.2, 0.25) is 5.02 Å². The maximum absolute atomic E-state index is 13.4. The molecule has 0 aliphatic heterocycles. The van der Waals surface area contributed by atoms with Gasteiger partial charge in [0.25, 0.3) is 11.8 Å². The molecule has 2 heterocycles. The molecule has 0 radical (unpaired) electrons. The summed E-state index contributed by atoms with van der Waals surface area (Å²) in [4.78, 5) is 45.4. The van der Waals surface area contributed by atoms with Gasteiger partial charge in [0, 0.05) is 27.2 Å². The Bertz CT molecular complexity index is 1730. The van der Waals surface area contributed by atoms with E-state index in [1.54, 1.807) is 60.7 Å². The number of anilines is 2. The van der Waals surface area contributed by atoms with Gasteiger partial charge in [-0.05, 0) is 65.6 Å². The Hall–Kier alpha value is -4.70. The lowest BCUT2D eigenvalue weighted by Gasteiger charge is -2.17. The highest BCUT2D eigenvalue weighted by molar-refractivity contribution is 8.00. The van der Waals surface area contributed by atoms with Crippen molar-refractivity contribution in [3.05, 3.63) is 147 Å². The van der Waals surface area contributed by atoms with Crippen molar-refractivity contribution in [2.75, 3.05) is 10.6 Å². The number of nitrogens with one attached hydrogen (secondary N) is 3. The zero-order chi connectivity index (χ0) is 30.0. The zero-order valence-corrected chi connectivity index (χ0v) is 25.0. The number of benzene rings is 3. The normalized spacial score (nSPS) is 11.8. The van der Waals surface area contributed by atoms with Gasteiger partial charge in [0.1, 0.15) is 16.8 Å². The highest BCUT2D eigenvalue weighted by Gasteiger charge is 2.23. The Balaban J connectivity index is 1.35. The monoisotopic (exact) mass is 624 g/mol. The van der Waals surface area contributed by atoms with Crippen LogP contribution in [-0.4, -0.2) is 22.7 Å². The molecule has 0 fully saturated rings. The van der Waals surface area contributed by atoms with Crippen LogP contribution in [0.4, 0.5) is 11.5 Å². The minimum atomic E-state index is -0.607. The smallest absolute Gasteiger partial charge is 0.272 e. The van der Waals surface area contributed by atoms with E-state index >= 15 is 0 Å². The largest absolute Gasteiger partial charge is 0.321 e. The molecule has 0 aliphatic rings. The molecule has 214 valence electrons. The number of carbonyl (C=O) groups is 3. The SMILES string of the molecule is O=C(Nc1cccc(SC(C(=O)Nc2ccc(Cl)cn2)c2ccccc2)c1)/C(=C/c1cccs1)NC(=O)c1ccccc1. The molecule has 3 N–H and O–H groups in total. The van der Waals surface area contributed by atoms with Crippen LogP contribution in [0.25, 0.3) is 6.08 Å². The van der Waals surface area contributed by atoms with Gasteiger partial charge in [-0.3, -0.25) is 14.4 Å². The molecule has 7 nitrogen and oxygen atoms in total. The Labute approximate surface area is 262 Å². The minimum Gasteiger partial charge on any atom is -0.321 e. The van der Waals surface area contributed by atoms with Crippen LogP contribution in [0, 0.1) is 0 Å². The first-order valence-electron chi connectivity index (χ1n) is 13.1. The van der Waals surface area contributed by atoms with E-state index in [2.05, 4.69) is 20.9 Å². The molecule has 1 atom stereocenters. The van der Waals surface area contributed by atoms with E-state index in [0.29, 0.717) is 22.1 Å². The topological polar surface area (TPSA) is 100 Å². The molecule has 3 aromatic carbocycles. The summed E-state index contributed by atoms with van der Waals surface area (Å²) >= 11 is 8.72. The lowest BCUT2D eigenvalue weighted by atomic mass is 10.1. The van der Waals surface area contributed by atoms with Gasteiger partial charge in [0.05, 0.1) is 5.02 Å². The predicted molar refractivity (Wildman–Crippen MR) is 174 cm³/mol. The fourth-order valence-electron chi connectivity index (χ4n) is 3.98. The van der Waals surface area contributed by atoms with Gasteiger partial charge in [-0.2, -0.15) is 0 Å². The van der Waals surface area contributed by atoms with Crippen LogP contribution in [0.1, 0.15) is 26.0 Å². The van der Waals surface area contributed by atoms with Crippen LogP contribution in [0.5, 0.6) is 0 Å². The molecule has 2 aromatic heterocycles. The van der Waals surface area contributed by atoms with Crippen molar-refractivity contribution >= 4 is 70.0 Å². The molecule has 0 saturated carbocycles. The number of hydrogen-bond acceptors (Lipinski definition) is 6.